The molecule has 2 heterocycles. The number of amides is 2. The molecule has 3 aromatic rings. The molecule has 0 radical (unpaired) electrons. The number of non-ortho nitro benzene ring substituents is 1. The van der Waals surface area contributed by atoms with Crippen molar-refractivity contribution in [1.29, 1.82) is 0 Å². The zero-order chi connectivity index (χ0) is 22.0. The number of nitro benzene ring substituents is 1. The highest BCUT2D eigenvalue weighted by molar-refractivity contribution is 7.17. The number of nitro groups is 1. The smallest absolute Gasteiger partial charge is 0.269 e. The van der Waals surface area contributed by atoms with E-state index in [1.807, 2.05) is 18.2 Å². The number of hydrogen-bond acceptors (Lipinski definition) is 6. The van der Waals surface area contributed by atoms with Crippen LogP contribution in [0.3, 0.4) is 0 Å². The number of benzene rings is 2. The fraction of sp³-hybridized carbons (Fsp3) is 0.182. The van der Waals surface area contributed by atoms with Gasteiger partial charge in [0.15, 0.2) is 0 Å². The first-order valence-electron chi connectivity index (χ1n) is 9.69. The van der Waals surface area contributed by atoms with E-state index in [1.165, 1.54) is 41.2 Å². The molecule has 1 aromatic heterocycles. The van der Waals surface area contributed by atoms with Crippen LogP contribution in [0, 0.1) is 10.1 Å². The Morgan fingerprint density at radius 2 is 1.84 bits per heavy atom. The van der Waals surface area contributed by atoms with Crippen LogP contribution >= 0.6 is 11.3 Å². The first-order valence-corrected chi connectivity index (χ1v) is 10.5. The zero-order valence-electron chi connectivity index (χ0n) is 16.5. The predicted octanol–water partition coefficient (Wildman–Crippen LogP) is 3.57. The molecule has 1 aliphatic heterocycles. The summed E-state index contributed by atoms with van der Waals surface area (Å²) in [6, 6.07) is 15.5. The third-order valence-corrected chi connectivity index (χ3v) is 6.33. The quantitative estimate of drug-likeness (QED) is 0.452. The molecule has 3 N–H and O–H groups in total. The minimum absolute atomic E-state index is 0.0977. The number of nitrogens with one attached hydrogen (secondary N) is 1. The van der Waals surface area contributed by atoms with Gasteiger partial charge in [0.2, 0.25) is 0 Å². The van der Waals surface area contributed by atoms with Gasteiger partial charge in [-0.05, 0) is 29.7 Å². The Balaban J connectivity index is 1.54. The molecular formula is C22H20N4O4S. The summed E-state index contributed by atoms with van der Waals surface area (Å²) in [7, 11) is 0. The minimum atomic E-state index is -0.576. The number of carbonyl (C=O) groups excluding carboxylic acids is 2. The van der Waals surface area contributed by atoms with E-state index < -0.39 is 16.7 Å². The van der Waals surface area contributed by atoms with Gasteiger partial charge >= 0.3 is 0 Å². The van der Waals surface area contributed by atoms with Crippen molar-refractivity contribution in [1.82, 2.24) is 4.90 Å². The summed E-state index contributed by atoms with van der Waals surface area (Å²) in [5, 5.41) is 14.0. The number of carbonyl (C=O) groups is 2. The lowest BCUT2D eigenvalue weighted by molar-refractivity contribution is -0.384. The minimum Gasteiger partial charge on any atom is -0.365 e. The van der Waals surface area contributed by atoms with Crippen molar-refractivity contribution in [2.75, 3.05) is 11.9 Å². The Labute approximate surface area is 182 Å². The highest BCUT2D eigenvalue weighted by atomic mass is 32.1. The Hall–Kier alpha value is -3.56. The molecular weight excluding hydrogens is 416 g/mol. The topological polar surface area (TPSA) is 119 Å². The molecule has 0 aliphatic carbocycles. The van der Waals surface area contributed by atoms with E-state index in [0.717, 1.165) is 23.5 Å². The molecule has 0 atom stereocenters. The van der Waals surface area contributed by atoms with Crippen LogP contribution in [-0.2, 0) is 19.5 Å². The van der Waals surface area contributed by atoms with E-state index in [0.29, 0.717) is 23.5 Å². The maximum atomic E-state index is 12.7. The fourth-order valence-electron chi connectivity index (χ4n) is 3.69. The van der Waals surface area contributed by atoms with Gasteiger partial charge in [-0.2, -0.15) is 0 Å². The standard InChI is InChI=1S/C22H20N4O4S/c23-20(27)19-17-10-11-25(12-14-4-2-1-3-5-14)13-18(17)31-22(19)24-21(28)15-6-8-16(9-7-15)26(29)30/h1-9H,10-13H2,(H2,23,27)(H,24,28). The lowest BCUT2D eigenvalue weighted by Gasteiger charge is -2.27. The maximum absolute atomic E-state index is 12.7. The number of primary amides is 1. The average molecular weight is 436 g/mol. The summed E-state index contributed by atoms with van der Waals surface area (Å²) in [6.45, 7) is 2.26. The van der Waals surface area contributed by atoms with Gasteiger partial charge in [0.25, 0.3) is 17.5 Å². The van der Waals surface area contributed by atoms with Crippen molar-refractivity contribution in [3.8, 4) is 0 Å². The summed E-state index contributed by atoms with van der Waals surface area (Å²) in [4.78, 5) is 38.4. The Kier molecular flexibility index (Phi) is 5.79. The lowest BCUT2D eigenvalue weighted by Crippen LogP contribution is -2.30. The fourth-order valence-corrected chi connectivity index (χ4v) is 4.98. The molecule has 0 fully saturated rings. The first kappa shape index (κ1) is 20.7. The van der Waals surface area contributed by atoms with Crippen LogP contribution in [0.4, 0.5) is 10.7 Å². The number of rotatable bonds is 6. The number of nitrogens with two attached hydrogens (primary N) is 1. The molecule has 8 nitrogen and oxygen atoms in total. The van der Waals surface area contributed by atoms with Crippen LogP contribution in [0.15, 0.2) is 54.6 Å². The summed E-state index contributed by atoms with van der Waals surface area (Å²) < 4.78 is 0. The number of anilines is 1. The van der Waals surface area contributed by atoms with Crippen molar-refractivity contribution in [3.05, 3.63) is 91.8 Å². The Bertz CT molecular complexity index is 1140. The van der Waals surface area contributed by atoms with Crippen molar-refractivity contribution in [3.63, 3.8) is 0 Å². The largest absolute Gasteiger partial charge is 0.365 e. The average Bonchev–Trinajstić information content (AvgIpc) is 3.11. The van der Waals surface area contributed by atoms with E-state index in [4.69, 9.17) is 5.73 Å². The molecule has 1 aliphatic rings. The van der Waals surface area contributed by atoms with Gasteiger partial charge in [0.1, 0.15) is 5.00 Å². The van der Waals surface area contributed by atoms with E-state index in [-0.39, 0.29) is 11.3 Å². The van der Waals surface area contributed by atoms with Crippen LogP contribution in [0.5, 0.6) is 0 Å². The molecule has 4 rings (SSSR count). The molecule has 0 unspecified atom stereocenters. The molecule has 0 saturated carbocycles. The summed E-state index contributed by atoms with van der Waals surface area (Å²) in [5.74, 6) is -1.02. The number of fused-ring (bicyclic) bond motifs is 1. The van der Waals surface area contributed by atoms with E-state index in [9.17, 15) is 19.7 Å². The Morgan fingerprint density at radius 3 is 2.48 bits per heavy atom. The van der Waals surface area contributed by atoms with Crippen molar-refractivity contribution in [2.24, 2.45) is 5.73 Å². The third kappa shape index (κ3) is 4.47. The molecule has 0 spiro atoms. The molecule has 158 valence electrons. The van der Waals surface area contributed by atoms with E-state index >= 15 is 0 Å². The van der Waals surface area contributed by atoms with Crippen LogP contribution in [0.25, 0.3) is 0 Å². The molecule has 0 saturated heterocycles. The van der Waals surface area contributed by atoms with Gasteiger partial charge in [-0.1, -0.05) is 30.3 Å². The molecule has 0 bridgehead atoms. The van der Waals surface area contributed by atoms with Gasteiger partial charge in [0.05, 0.1) is 10.5 Å². The van der Waals surface area contributed by atoms with Gasteiger partial charge < -0.3 is 11.1 Å². The van der Waals surface area contributed by atoms with Crippen molar-refractivity contribution >= 4 is 33.8 Å². The van der Waals surface area contributed by atoms with Crippen LogP contribution in [0.1, 0.15) is 36.7 Å². The van der Waals surface area contributed by atoms with E-state index in [1.54, 1.807) is 0 Å². The first-order chi connectivity index (χ1) is 14.9. The lowest BCUT2D eigenvalue weighted by atomic mass is 10.0. The zero-order valence-corrected chi connectivity index (χ0v) is 17.4. The summed E-state index contributed by atoms with van der Waals surface area (Å²) in [5.41, 5.74) is 8.26. The monoisotopic (exact) mass is 436 g/mol. The van der Waals surface area contributed by atoms with Crippen LogP contribution in [0.2, 0.25) is 0 Å². The van der Waals surface area contributed by atoms with Crippen molar-refractivity contribution < 1.29 is 14.5 Å². The highest BCUT2D eigenvalue weighted by Gasteiger charge is 2.28. The van der Waals surface area contributed by atoms with Gasteiger partial charge in [0, 0.05) is 42.2 Å². The molecule has 2 aromatic carbocycles. The SMILES string of the molecule is NC(=O)c1c(NC(=O)c2ccc([N+](=O)[O-])cc2)sc2c1CCN(Cc1ccccc1)C2. The normalized spacial score (nSPS) is 13.4. The second-order valence-corrected chi connectivity index (χ2v) is 8.38. The van der Waals surface area contributed by atoms with Gasteiger partial charge in [-0.3, -0.25) is 24.6 Å². The van der Waals surface area contributed by atoms with Gasteiger partial charge in [-0.15, -0.1) is 11.3 Å². The second-order valence-electron chi connectivity index (χ2n) is 7.28. The number of hydrogen-bond donors (Lipinski definition) is 2. The third-order valence-electron chi connectivity index (χ3n) is 5.20. The molecule has 2 amide bonds. The van der Waals surface area contributed by atoms with Crippen LogP contribution in [-0.4, -0.2) is 28.2 Å². The highest BCUT2D eigenvalue weighted by Crippen LogP contribution is 2.37. The summed E-state index contributed by atoms with van der Waals surface area (Å²) in [6.07, 6.45) is 0.671. The molecule has 9 heteroatoms. The number of thiophene rings is 1. The maximum Gasteiger partial charge on any atom is 0.269 e. The Morgan fingerprint density at radius 1 is 1.13 bits per heavy atom. The second kappa shape index (κ2) is 8.66. The summed E-state index contributed by atoms with van der Waals surface area (Å²) >= 11 is 1.35. The van der Waals surface area contributed by atoms with E-state index in [2.05, 4.69) is 22.3 Å². The van der Waals surface area contributed by atoms with Crippen LogP contribution < -0.4 is 11.1 Å². The predicted molar refractivity (Wildman–Crippen MR) is 118 cm³/mol. The van der Waals surface area contributed by atoms with Gasteiger partial charge in [-0.25, -0.2) is 0 Å². The number of nitrogens with zero attached hydrogens (tertiary/aromatic N) is 2. The van der Waals surface area contributed by atoms with Crippen molar-refractivity contribution in [2.45, 2.75) is 19.5 Å². The molecule has 31 heavy (non-hydrogen) atoms.